The Labute approximate surface area is 626 Å². The van der Waals surface area contributed by atoms with Gasteiger partial charge in [-0.2, -0.15) is 0 Å². The summed E-state index contributed by atoms with van der Waals surface area (Å²) in [6.45, 7) is 7.31. The average Bonchev–Trinajstić information content (AvgIpc) is 0.919. The fourth-order valence-electron chi connectivity index (χ4n) is 12.9. The molecule has 0 bridgehead atoms. The van der Waals surface area contributed by atoms with E-state index in [2.05, 4.69) is 34.6 Å². The maximum Gasteiger partial charge on any atom is 0.472 e. The Kier molecular flexibility index (Phi) is 74.4. The van der Waals surface area contributed by atoms with Gasteiger partial charge in [0, 0.05) is 25.7 Å². The summed E-state index contributed by atoms with van der Waals surface area (Å²) in [4.78, 5) is 73.1. The molecule has 5 atom stereocenters. The van der Waals surface area contributed by atoms with Crippen molar-refractivity contribution in [3.63, 3.8) is 0 Å². The number of aliphatic hydroxyl groups is 1. The number of aliphatic hydroxyl groups excluding tert-OH is 1. The number of rotatable bonds is 83. The maximum absolute atomic E-state index is 13.1. The van der Waals surface area contributed by atoms with Gasteiger partial charge in [-0.15, -0.1) is 0 Å². The second kappa shape index (κ2) is 75.9. The quantitative estimate of drug-likeness (QED) is 0.0222. The van der Waals surface area contributed by atoms with Crippen LogP contribution >= 0.6 is 15.6 Å². The minimum absolute atomic E-state index is 0.108. The highest BCUT2D eigenvalue weighted by atomic mass is 31.2. The molecule has 2 unspecified atom stereocenters. The number of esters is 4. The van der Waals surface area contributed by atoms with Gasteiger partial charge in [0.25, 0.3) is 0 Å². The predicted octanol–water partition coefficient (Wildman–Crippen LogP) is 25.2. The molecule has 3 N–H and O–H groups in total. The Morgan fingerprint density at radius 3 is 0.667 bits per heavy atom. The number of carbonyl (C=O) groups is 4. The summed E-state index contributed by atoms with van der Waals surface area (Å²) in [5.74, 6) is -1.38. The third kappa shape index (κ3) is 76.3. The number of hydrogen-bond donors (Lipinski definition) is 3. The molecule has 0 aromatic carbocycles. The summed E-state index contributed by atoms with van der Waals surface area (Å²) in [7, 11) is -9.92. The maximum atomic E-state index is 13.1. The molecule has 17 nitrogen and oxygen atoms in total. The molecule has 0 aromatic heterocycles. The van der Waals surface area contributed by atoms with Crippen LogP contribution in [0.1, 0.15) is 446 Å². The molecular weight excluding hydrogens is 1330 g/mol. The monoisotopic (exact) mass is 1490 g/mol. The fraction of sp³-hybridized carbons (Fsp3) is 0.952. The van der Waals surface area contributed by atoms with E-state index in [9.17, 15) is 43.2 Å². The van der Waals surface area contributed by atoms with E-state index in [0.717, 1.165) is 95.8 Å². The Hall–Kier alpha value is -1.94. The molecule has 0 aliphatic heterocycles. The van der Waals surface area contributed by atoms with Gasteiger partial charge in [0.15, 0.2) is 12.2 Å². The van der Waals surface area contributed by atoms with Gasteiger partial charge in [0.1, 0.15) is 19.3 Å². The van der Waals surface area contributed by atoms with E-state index >= 15 is 0 Å². The molecule has 0 heterocycles. The Balaban J connectivity index is 5.22. The van der Waals surface area contributed by atoms with Gasteiger partial charge in [0.05, 0.1) is 26.4 Å². The molecule has 0 aliphatic rings. The van der Waals surface area contributed by atoms with Crippen LogP contribution in [-0.4, -0.2) is 96.7 Å². The lowest BCUT2D eigenvalue weighted by Crippen LogP contribution is -2.30. The highest BCUT2D eigenvalue weighted by Crippen LogP contribution is 2.45. The van der Waals surface area contributed by atoms with Gasteiger partial charge in [-0.1, -0.05) is 394 Å². The second-order valence-electron chi connectivity index (χ2n) is 30.3. The zero-order chi connectivity index (χ0) is 74.8. The first-order valence-corrected chi connectivity index (χ1v) is 46.1. The van der Waals surface area contributed by atoms with Gasteiger partial charge in [-0.05, 0) is 31.6 Å². The molecule has 19 heteroatoms. The van der Waals surface area contributed by atoms with Crippen molar-refractivity contribution in [1.29, 1.82) is 0 Å². The second-order valence-corrected chi connectivity index (χ2v) is 33.3. The van der Waals surface area contributed by atoms with Crippen molar-refractivity contribution in [3.05, 3.63) is 0 Å². The van der Waals surface area contributed by atoms with Crippen LogP contribution in [0.15, 0.2) is 0 Å². The van der Waals surface area contributed by atoms with Crippen molar-refractivity contribution in [2.24, 2.45) is 5.92 Å². The smallest absolute Gasteiger partial charge is 0.462 e. The van der Waals surface area contributed by atoms with Crippen LogP contribution in [0.5, 0.6) is 0 Å². The predicted molar refractivity (Wildman–Crippen MR) is 418 cm³/mol. The zero-order valence-electron chi connectivity index (χ0n) is 66.8. The summed E-state index contributed by atoms with van der Waals surface area (Å²) in [6.07, 6.45) is 68.1. The van der Waals surface area contributed by atoms with E-state index in [1.807, 2.05) is 0 Å². The first-order chi connectivity index (χ1) is 49.5. The van der Waals surface area contributed by atoms with Gasteiger partial charge in [-0.3, -0.25) is 37.3 Å². The Morgan fingerprint density at radius 2 is 0.451 bits per heavy atom. The first kappa shape index (κ1) is 100. The van der Waals surface area contributed by atoms with Gasteiger partial charge in [-0.25, -0.2) is 9.13 Å². The third-order valence-corrected chi connectivity index (χ3v) is 21.4. The zero-order valence-corrected chi connectivity index (χ0v) is 68.5. The van der Waals surface area contributed by atoms with Crippen molar-refractivity contribution < 1.29 is 80.2 Å². The SMILES string of the molecule is CCCCCCCCCCCCCCCCCCCCCCCC(=O)O[C@H](COC(=O)CCCCCCCCCCCCCCCCCCC)COP(=O)(O)OC[C@@H](O)COP(=O)(O)OC[C@@H](COC(=O)CCCCCCCCCCC(C)C)OC(=O)CCCCCCCCCCCCCCC. The molecule has 0 saturated heterocycles. The van der Waals surface area contributed by atoms with Crippen molar-refractivity contribution in [1.82, 2.24) is 0 Å². The molecule has 0 rings (SSSR count). The van der Waals surface area contributed by atoms with E-state index in [0.29, 0.717) is 25.7 Å². The molecule has 0 spiro atoms. The van der Waals surface area contributed by atoms with Crippen LogP contribution in [-0.2, 0) is 65.4 Å². The normalized spacial score (nSPS) is 13.8. The largest absolute Gasteiger partial charge is 0.472 e. The number of ether oxygens (including phenoxy) is 4. The summed E-state index contributed by atoms with van der Waals surface area (Å²) >= 11 is 0. The molecule has 0 radical (unpaired) electrons. The number of hydrogen-bond acceptors (Lipinski definition) is 15. The van der Waals surface area contributed by atoms with Crippen LogP contribution in [0.3, 0.4) is 0 Å². The molecule has 0 amide bonds. The molecule has 606 valence electrons. The molecular formula is C83H162O17P2. The third-order valence-electron chi connectivity index (χ3n) is 19.5. The van der Waals surface area contributed by atoms with Crippen LogP contribution in [0.4, 0.5) is 0 Å². The molecule has 0 aromatic rings. The van der Waals surface area contributed by atoms with E-state index in [1.165, 1.54) is 270 Å². The average molecular weight is 1490 g/mol. The van der Waals surface area contributed by atoms with E-state index in [4.69, 9.17) is 37.0 Å². The molecule has 0 aliphatic carbocycles. The van der Waals surface area contributed by atoms with Crippen LogP contribution < -0.4 is 0 Å². The lowest BCUT2D eigenvalue weighted by Gasteiger charge is -2.21. The number of phosphoric ester groups is 2. The van der Waals surface area contributed by atoms with Gasteiger partial charge in [0.2, 0.25) is 0 Å². The summed E-state index contributed by atoms with van der Waals surface area (Å²) in [5.41, 5.74) is 0. The molecule has 102 heavy (non-hydrogen) atoms. The summed E-state index contributed by atoms with van der Waals surface area (Å²) in [6, 6.07) is 0. The number of carbonyl (C=O) groups excluding carboxylic acids is 4. The summed E-state index contributed by atoms with van der Waals surface area (Å²) < 4.78 is 68.8. The van der Waals surface area contributed by atoms with Crippen molar-refractivity contribution in [2.75, 3.05) is 39.6 Å². The Morgan fingerprint density at radius 1 is 0.265 bits per heavy atom. The minimum atomic E-state index is -4.96. The number of unbranched alkanes of at least 4 members (excludes halogenated alkanes) is 55. The van der Waals surface area contributed by atoms with Crippen molar-refractivity contribution >= 4 is 39.5 Å². The topological polar surface area (TPSA) is 237 Å². The lowest BCUT2D eigenvalue weighted by molar-refractivity contribution is -0.161. The van der Waals surface area contributed by atoms with Crippen LogP contribution in [0.25, 0.3) is 0 Å². The highest BCUT2D eigenvalue weighted by Gasteiger charge is 2.30. The van der Waals surface area contributed by atoms with E-state index in [1.54, 1.807) is 0 Å². The fourth-order valence-corrected chi connectivity index (χ4v) is 14.5. The van der Waals surface area contributed by atoms with Crippen LogP contribution in [0.2, 0.25) is 0 Å². The first-order valence-electron chi connectivity index (χ1n) is 43.1. The van der Waals surface area contributed by atoms with Crippen molar-refractivity contribution in [2.45, 2.75) is 464 Å². The number of phosphoric acid groups is 2. The standard InChI is InChI=1S/C83H162O17P2/c1-6-9-12-15-18-21-24-27-29-31-32-33-34-36-38-41-44-47-54-59-64-69-83(88)99-78(72-93-80(85)66-61-56-51-45-42-40-37-35-30-28-25-22-19-16-13-10-7-2)74-97-101(89,90)95-70-77(84)71-96-102(91,92)98-75-79(73-94-81(86)67-62-57-52-49-48-50-55-60-65-76(4)5)100-82(87)68-63-58-53-46-43-39-26-23-20-17-14-11-8-3/h76-79,84H,6-75H2,1-5H3,(H,89,90)(H,91,92)/t77-,78-,79-/m1/s1. The molecule has 0 fully saturated rings. The van der Waals surface area contributed by atoms with E-state index in [-0.39, 0.29) is 25.7 Å². The minimum Gasteiger partial charge on any atom is -0.462 e. The van der Waals surface area contributed by atoms with Gasteiger partial charge >= 0.3 is 39.5 Å². The lowest BCUT2D eigenvalue weighted by atomic mass is 10.0. The highest BCUT2D eigenvalue weighted by molar-refractivity contribution is 7.47. The Bertz CT molecular complexity index is 1940. The van der Waals surface area contributed by atoms with Crippen LogP contribution in [0, 0.1) is 5.92 Å². The van der Waals surface area contributed by atoms with Crippen molar-refractivity contribution in [3.8, 4) is 0 Å². The van der Waals surface area contributed by atoms with E-state index < -0.39 is 97.5 Å². The summed E-state index contributed by atoms with van der Waals surface area (Å²) in [5, 5.41) is 10.7. The molecule has 0 saturated carbocycles. The van der Waals surface area contributed by atoms with Gasteiger partial charge < -0.3 is 33.8 Å².